The van der Waals surface area contributed by atoms with Gasteiger partial charge >= 0.3 is 6.03 Å². The van der Waals surface area contributed by atoms with Crippen LogP contribution in [0, 0.1) is 10.1 Å². The second-order valence-electron chi connectivity index (χ2n) is 8.02. The maximum Gasteiger partial charge on any atom is 0.319 e. The van der Waals surface area contributed by atoms with Gasteiger partial charge in [0.15, 0.2) is 11.5 Å². The molecule has 0 saturated carbocycles. The molecule has 1 aliphatic rings. The van der Waals surface area contributed by atoms with E-state index in [9.17, 15) is 19.7 Å². The van der Waals surface area contributed by atoms with Crippen LogP contribution >= 0.6 is 0 Å². The zero-order valence-electron chi connectivity index (χ0n) is 19.6. The highest BCUT2D eigenvalue weighted by atomic mass is 16.6. The molecule has 184 valence electrons. The summed E-state index contributed by atoms with van der Waals surface area (Å²) in [7, 11) is 1.53. The fourth-order valence-electron chi connectivity index (χ4n) is 3.86. The highest BCUT2D eigenvalue weighted by molar-refractivity contribution is 6.06. The van der Waals surface area contributed by atoms with Gasteiger partial charge in [-0.05, 0) is 36.2 Å². The zero-order valence-corrected chi connectivity index (χ0v) is 19.6. The van der Waals surface area contributed by atoms with Crippen molar-refractivity contribution >= 4 is 23.3 Å². The maximum atomic E-state index is 13.3. The molecule has 3 aromatic carbocycles. The summed E-state index contributed by atoms with van der Waals surface area (Å²) in [5, 5.41) is 19.2. The molecule has 0 radical (unpaired) electrons. The Hall–Kier alpha value is -4.86. The number of methoxy groups -OCH3 is 1. The van der Waals surface area contributed by atoms with Gasteiger partial charge in [0.2, 0.25) is 0 Å². The van der Waals surface area contributed by atoms with Crippen molar-refractivity contribution in [3.8, 4) is 11.5 Å². The van der Waals surface area contributed by atoms with Gasteiger partial charge in [-0.15, -0.1) is 0 Å². The van der Waals surface area contributed by atoms with Crippen LogP contribution in [0.25, 0.3) is 0 Å². The minimum atomic E-state index is -0.803. The van der Waals surface area contributed by atoms with E-state index in [1.807, 2.05) is 30.3 Å². The Labute approximate surface area is 207 Å². The molecule has 10 heteroatoms. The largest absolute Gasteiger partial charge is 0.493 e. The number of rotatable bonds is 8. The van der Waals surface area contributed by atoms with Crippen LogP contribution in [0.4, 0.5) is 16.2 Å². The molecule has 3 N–H and O–H groups in total. The summed E-state index contributed by atoms with van der Waals surface area (Å²) in [6.07, 6.45) is 0. The second-order valence-corrected chi connectivity index (χ2v) is 8.02. The lowest BCUT2D eigenvalue weighted by Gasteiger charge is -2.29. The maximum absolute atomic E-state index is 13.3. The monoisotopic (exact) mass is 488 g/mol. The molecule has 0 aromatic heterocycles. The summed E-state index contributed by atoms with van der Waals surface area (Å²) >= 11 is 0. The molecule has 0 saturated heterocycles. The van der Waals surface area contributed by atoms with E-state index in [1.165, 1.54) is 25.3 Å². The van der Waals surface area contributed by atoms with Crippen molar-refractivity contribution < 1.29 is 24.0 Å². The summed E-state index contributed by atoms with van der Waals surface area (Å²) in [5.41, 5.74) is 2.27. The second kappa shape index (κ2) is 10.6. The van der Waals surface area contributed by atoms with E-state index in [1.54, 1.807) is 31.2 Å². The lowest BCUT2D eigenvalue weighted by molar-refractivity contribution is -0.384. The molecule has 1 aliphatic heterocycles. The van der Waals surface area contributed by atoms with Crippen LogP contribution in [-0.4, -0.2) is 24.0 Å². The number of carbonyl (C=O) groups is 2. The van der Waals surface area contributed by atoms with E-state index in [0.29, 0.717) is 29.4 Å². The molecule has 0 aliphatic carbocycles. The van der Waals surface area contributed by atoms with E-state index in [2.05, 4.69) is 16.0 Å². The van der Waals surface area contributed by atoms with E-state index in [4.69, 9.17) is 9.47 Å². The molecule has 4 rings (SSSR count). The third-order valence-corrected chi connectivity index (χ3v) is 5.59. The summed E-state index contributed by atoms with van der Waals surface area (Å²) in [6, 6.07) is 19.1. The number of hydrogen-bond donors (Lipinski definition) is 3. The number of allylic oxidation sites excluding steroid dienone is 1. The molecule has 3 amide bonds. The minimum absolute atomic E-state index is 0.152. The van der Waals surface area contributed by atoms with Gasteiger partial charge in [0.1, 0.15) is 6.61 Å². The predicted molar refractivity (Wildman–Crippen MR) is 133 cm³/mol. The molecule has 0 bridgehead atoms. The van der Waals surface area contributed by atoms with Crippen LogP contribution in [0.2, 0.25) is 0 Å². The number of ether oxygens (including phenoxy) is 2. The Kier molecular flexibility index (Phi) is 7.15. The van der Waals surface area contributed by atoms with Gasteiger partial charge in [-0.1, -0.05) is 42.5 Å². The number of anilines is 1. The first-order valence-electron chi connectivity index (χ1n) is 11.0. The van der Waals surface area contributed by atoms with Gasteiger partial charge in [-0.2, -0.15) is 0 Å². The standard InChI is InChI=1S/C26H24N4O6/c1-16-23(25(31)28-19-9-6-10-20(14-19)30(33)34)24(29-26(32)27-16)18-11-12-21(35-2)22(13-18)36-15-17-7-4-3-5-8-17/h3-14,24H,15H2,1-2H3,(H,28,31)(H2,27,29,32)/t24-/m1/s1. The van der Waals surface area contributed by atoms with Crippen molar-refractivity contribution in [2.75, 3.05) is 12.4 Å². The molecule has 0 unspecified atom stereocenters. The van der Waals surface area contributed by atoms with Crippen molar-refractivity contribution in [1.82, 2.24) is 10.6 Å². The molecule has 0 spiro atoms. The van der Waals surface area contributed by atoms with Crippen molar-refractivity contribution in [2.24, 2.45) is 0 Å². The van der Waals surface area contributed by atoms with Crippen LogP contribution in [-0.2, 0) is 11.4 Å². The van der Waals surface area contributed by atoms with Gasteiger partial charge in [0.05, 0.1) is 23.6 Å². The Morgan fingerprint density at radius 2 is 1.83 bits per heavy atom. The first kappa shape index (κ1) is 24.3. The lowest BCUT2D eigenvalue weighted by Crippen LogP contribution is -2.46. The molecule has 1 heterocycles. The molecule has 36 heavy (non-hydrogen) atoms. The topological polar surface area (TPSA) is 132 Å². The number of nitrogens with zero attached hydrogens (tertiary/aromatic N) is 1. The minimum Gasteiger partial charge on any atom is -0.493 e. The van der Waals surface area contributed by atoms with Crippen molar-refractivity contribution in [2.45, 2.75) is 19.6 Å². The van der Waals surface area contributed by atoms with Gasteiger partial charge in [0, 0.05) is 23.5 Å². The number of non-ortho nitro benzene ring substituents is 1. The Bertz CT molecular complexity index is 1340. The SMILES string of the molecule is COc1ccc([C@H]2NC(=O)NC(C)=C2C(=O)Nc2cccc([N+](=O)[O-])c2)cc1OCc1ccccc1. The fraction of sp³-hybridized carbons (Fsp3) is 0.154. The van der Waals surface area contributed by atoms with Crippen molar-refractivity contribution in [3.05, 3.63) is 105 Å². The highest BCUT2D eigenvalue weighted by Crippen LogP contribution is 2.35. The third kappa shape index (κ3) is 5.44. The molecule has 0 fully saturated rings. The number of urea groups is 1. The third-order valence-electron chi connectivity index (χ3n) is 5.59. The molecule has 10 nitrogen and oxygen atoms in total. The Morgan fingerprint density at radius 1 is 1.06 bits per heavy atom. The summed E-state index contributed by atoms with van der Waals surface area (Å²) in [5.74, 6) is 0.425. The highest BCUT2D eigenvalue weighted by Gasteiger charge is 2.32. The number of nitro benzene ring substituents is 1. The first-order chi connectivity index (χ1) is 17.4. The van der Waals surface area contributed by atoms with Crippen molar-refractivity contribution in [1.29, 1.82) is 0 Å². The molecule has 1 atom stereocenters. The van der Waals surface area contributed by atoms with Gasteiger partial charge in [-0.25, -0.2) is 4.79 Å². The van der Waals surface area contributed by atoms with Gasteiger partial charge < -0.3 is 25.4 Å². The van der Waals surface area contributed by atoms with Crippen LogP contribution in [0.5, 0.6) is 11.5 Å². The number of nitro groups is 1. The van der Waals surface area contributed by atoms with E-state index < -0.39 is 22.9 Å². The van der Waals surface area contributed by atoms with Crippen LogP contribution in [0.3, 0.4) is 0 Å². The lowest BCUT2D eigenvalue weighted by atomic mass is 9.94. The predicted octanol–water partition coefficient (Wildman–Crippen LogP) is 4.45. The summed E-state index contributed by atoms with van der Waals surface area (Å²) in [4.78, 5) is 36.1. The average Bonchev–Trinajstić information content (AvgIpc) is 2.87. The van der Waals surface area contributed by atoms with Crippen LogP contribution < -0.4 is 25.4 Å². The molecule has 3 aromatic rings. The summed E-state index contributed by atoms with van der Waals surface area (Å²) < 4.78 is 11.4. The number of hydrogen-bond acceptors (Lipinski definition) is 6. The smallest absolute Gasteiger partial charge is 0.319 e. The van der Waals surface area contributed by atoms with Crippen molar-refractivity contribution in [3.63, 3.8) is 0 Å². The van der Waals surface area contributed by atoms with Crippen LogP contribution in [0.1, 0.15) is 24.1 Å². The zero-order chi connectivity index (χ0) is 25.7. The average molecular weight is 489 g/mol. The Morgan fingerprint density at radius 3 is 2.56 bits per heavy atom. The Balaban J connectivity index is 1.63. The van der Waals surface area contributed by atoms with Gasteiger partial charge in [-0.3, -0.25) is 14.9 Å². The van der Waals surface area contributed by atoms with E-state index in [0.717, 1.165) is 5.56 Å². The summed E-state index contributed by atoms with van der Waals surface area (Å²) in [6.45, 7) is 1.92. The van der Waals surface area contributed by atoms with Crippen LogP contribution in [0.15, 0.2) is 84.1 Å². The number of carbonyl (C=O) groups excluding carboxylic acids is 2. The molecular weight excluding hydrogens is 464 g/mol. The number of benzene rings is 3. The normalized spacial score (nSPS) is 14.9. The number of amides is 3. The molecular formula is C26H24N4O6. The fourth-order valence-corrected chi connectivity index (χ4v) is 3.86. The number of nitrogens with one attached hydrogen (secondary N) is 3. The quantitative estimate of drug-likeness (QED) is 0.317. The van der Waals surface area contributed by atoms with E-state index in [-0.39, 0.29) is 16.9 Å². The van der Waals surface area contributed by atoms with E-state index >= 15 is 0 Å². The first-order valence-corrected chi connectivity index (χ1v) is 11.0. The van der Waals surface area contributed by atoms with Gasteiger partial charge in [0.25, 0.3) is 11.6 Å².